The number of alkyl halides is 3. The fourth-order valence-corrected chi connectivity index (χ4v) is 3.84. The lowest BCUT2D eigenvalue weighted by Gasteiger charge is -2.30. The topological polar surface area (TPSA) is 70.3 Å². The molecule has 9 heteroatoms. The van der Waals surface area contributed by atoms with Gasteiger partial charge in [0.05, 0.1) is 36.2 Å². The van der Waals surface area contributed by atoms with Crippen molar-refractivity contribution in [3.63, 3.8) is 0 Å². The summed E-state index contributed by atoms with van der Waals surface area (Å²) in [4.78, 5) is 3.90. The number of halogens is 4. The zero-order valence-corrected chi connectivity index (χ0v) is 14.9. The number of benzene rings is 1. The van der Waals surface area contributed by atoms with Crippen LogP contribution in [0.2, 0.25) is 0 Å². The van der Waals surface area contributed by atoms with Crippen molar-refractivity contribution in [1.29, 1.82) is 0 Å². The summed E-state index contributed by atoms with van der Waals surface area (Å²) in [7, 11) is 0. The standard InChI is InChI=1S/C16H19BrF3N3O2/c17-10-3-4-12-15(14(10)16(18,19)20)22-8-23(12)7-9(24)6-11-13(25)2-1-5-21-11/h3-4,8-9,11,13,21,24-25H,1-2,5-7H2/t9?,11-,13+/m1/s1. The van der Waals surface area contributed by atoms with Crippen molar-refractivity contribution in [1.82, 2.24) is 14.9 Å². The first-order valence-electron chi connectivity index (χ1n) is 8.07. The van der Waals surface area contributed by atoms with Gasteiger partial charge in [-0.15, -0.1) is 0 Å². The zero-order chi connectivity index (χ0) is 18.2. The quantitative estimate of drug-likeness (QED) is 0.709. The van der Waals surface area contributed by atoms with Crippen LogP contribution in [-0.4, -0.2) is 44.6 Å². The molecule has 2 aromatic rings. The van der Waals surface area contributed by atoms with Gasteiger partial charge in [-0.25, -0.2) is 4.98 Å². The normalized spacial score (nSPS) is 23.1. The molecule has 2 heterocycles. The van der Waals surface area contributed by atoms with E-state index < -0.39 is 23.9 Å². The van der Waals surface area contributed by atoms with Gasteiger partial charge >= 0.3 is 6.18 Å². The van der Waals surface area contributed by atoms with Crippen LogP contribution in [-0.2, 0) is 12.7 Å². The van der Waals surface area contributed by atoms with Gasteiger partial charge in [0.2, 0.25) is 0 Å². The summed E-state index contributed by atoms with van der Waals surface area (Å²) in [6.07, 6.45) is -2.65. The lowest BCUT2D eigenvalue weighted by atomic mass is 9.96. The molecule has 1 aromatic heterocycles. The number of aliphatic hydroxyl groups is 2. The van der Waals surface area contributed by atoms with Crippen LogP contribution in [0.25, 0.3) is 11.0 Å². The monoisotopic (exact) mass is 421 g/mol. The molecule has 3 atom stereocenters. The van der Waals surface area contributed by atoms with Crippen LogP contribution in [0, 0.1) is 0 Å². The Morgan fingerprint density at radius 2 is 2.16 bits per heavy atom. The highest BCUT2D eigenvalue weighted by Crippen LogP contribution is 2.39. The molecule has 0 amide bonds. The Kier molecular flexibility index (Phi) is 5.38. The largest absolute Gasteiger partial charge is 0.419 e. The molecule has 3 N–H and O–H groups in total. The number of hydrogen-bond acceptors (Lipinski definition) is 4. The Bertz CT molecular complexity index is 750. The average Bonchev–Trinajstić information content (AvgIpc) is 2.90. The first-order chi connectivity index (χ1) is 11.8. The van der Waals surface area contributed by atoms with Crippen LogP contribution in [0.1, 0.15) is 24.8 Å². The average molecular weight is 422 g/mol. The molecule has 0 spiro atoms. The van der Waals surface area contributed by atoms with Gasteiger partial charge in [0.15, 0.2) is 0 Å². The molecule has 1 aliphatic rings. The van der Waals surface area contributed by atoms with Crippen molar-refractivity contribution in [2.24, 2.45) is 0 Å². The van der Waals surface area contributed by atoms with Crippen molar-refractivity contribution < 1.29 is 23.4 Å². The first-order valence-corrected chi connectivity index (χ1v) is 8.86. The van der Waals surface area contributed by atoms with E-state index in [0.717, 1.165) is 13.0 Å². The van der Waals surface area contributed by atoms with E-state index in [-0.39, 0.29) is 22.6 Å². The Labute approximate surface area is 151 Å². The molecule has 1 aromatic carbocycles. The minimum absolute atomic E-state index is 0.0622. The van der Waals surface area contributed by atoms with E-state index in [9.17, 15) is 23.4 Å². The second-order valence-corrected chi connectivity index (χ2v) is 7.20. The summed E-state index contributed by atoms with van der Waals surface area (Å²) in [6, 6.07) is 2.67. The van der Waals surface area contributed by atoms with Crippen LogP contribution >= 0.6 is 15.9 Å². The summed E-state index contributed by atoms with van der Waals surface area (Å²) < 4.78 is 41.2. The molecule has 0 aliphatic carbocycles. The van der Waals surface area contributed by atoms with E-state index in [1.165, 1.54) is 17.0 Å². The maximum Gasteiger partial charge on any atom is 0.419 e. The molecule has 5 nitrogen and oxygen atoms in total. The Hall–Kier alpha value is -1.16. The number of rotatable bonds is 4. The smallest absolute Gasteiger partial charge is 0.392 e. The number of fused-ring (bicyclic) bond motifs is 1. The third-order valence-corrected chi connectivity index (χ3v) is 5.17. The van der Waals surface area contributed by atoms with Gasteiger partial charge in [0, 0.05) is 10.5 Å². The molecule has 0 radical (unpaired) electrons. The SMILES string of the molecule is OC(C[C@H]1NCCC[C@@H]1O)Cn1cnc2c(C(F)(F)F)c(Br)ccc21. The van der Waals surface area contributed by atoms with Gasteiger partial charge < -0.3 is 20.1 Å². The van der Waals surface area contributed by atoms with Crippen LogP contribution in [0.5, 0.6) is 0 Å². The fraction of sp³-hybridized carbons (Fsp3) is 0.562. The van der Waals surface area contributed by atoms with E-state index >= 15 is 0 Å². The summed E-state index contributed by atoms with van der Waals surface area (Å²) in [5, 5.41) is 23.4. The van der Waals surface area contributed by atoms with E-state index in [4.69, 9.17) is 0 Å². The van der Waals surface area contributed by atoms with E-state index in [2.05, 4.69) is 26.2 Å². The van der Waals surface area contributed by atoms with Crippen molar-refractivity contribution in [2.45, 2.75) is 50.2 Å². The Morgan fingerprint density at radius 3 is 2.84 bits per heavy atom. The molecular formula is C16H19BrF3N3O2. The van der Waals surface area contributed by atoms with Crippen LogP contribution in [0.3, 0.4) is 0 Å². The van der Waals surface area contributed by atoms with E-state index in [0.29, 0.717) is 18.4 Å². The number of hydrogen-bond donors (Lipinski definition) is 3. The molecular weight excluding hydrogens is 403 g/mol. The van der Waals surface area contributed by atoms with Gasteiger partial charge in [-0.2, -0.15) is 13.2 Å². The fourth-order valence-electron chi connectivity index (χ4n) is 3.29. The summed E-state index contributed by atoms with van der Waals surface area (Å²) in [5.41, 5.74) is -0.653. The first kappa shape index (κ1) is 18.6. The minimum atomic E-state index is -4.52. The van der Waals surface area contributed by atoms with Crippen LogP contribution < -0.4 is 5.32 Å². The number of nitrogens with one attached hydrogen (secondary N) is 1. The second-order valence-electron chi connectivity index (χ2n) is 6.34. The third kappa shape index (κ3) is 3.99. The number of aromatic nitrogens is 2. The van der Waals surface area contributed by atoms with Gasteiger partial charge in [-0.3, -0.25) is 0 Å². The van der Waals surface area contributed by atoms with Crippen molar-refractivity contribution in [3.05, 3.63) is 28.5 Å². The Balaban J connectivity index is 1.80. The highest BCUT2D eigenvalue weighted by atomic mass is 79.9. The predicted octanol–water partition coefficient (Wildman–Crippen LogP) is 2.68. The number of piperidine rings is 1. The second kappa shape index (κ2) is 7.22. The maximum absolute atomic E-state index is 13.2. The highest BCUT2D eigenvalue weighted by Gasteiger charge is 2.36. The van der Waals surface area contributed by atoms with E-state index in [1.54, 1.807) is 6.07 Å². The molecule has 3 rings (SSSR count). The molecule has 0 bridgehead atoms. The molecule has 1 saturated heterocycles. The van der Waals surface area contributed by atoms with E-state index in [1.807, 2.05) is 0 Å². The lowest BCUT2D eigenvalue weighted by Crippen LogP contribution is -2.46. The number of aliphatic hydroxyl groups excluding tert-OH is 2. The van der Waals surface area contributed by atoms with Crippen molar-refractivity contribution in [2.75, 3.05) is 6.54 Å². The van der Waals surface area contributed by atoms with Crippen LogP contribution in [0.4, 0.5) is 13.2 Å². The molecule has 0 saturated carbocycles. The summed E-state index contributed by atoms with van der Waals surface area (Å²) in [5.74, 6) is 0. The summed E-state index contributed by atoms with van der Waals surface area (Å²) in [6.45, 7) is 0.895. The number of imidazole rings is 1. The highest BCUT2D eigenvalue weighted by molar-refractivity contribution is 9.10. The third-order valence-electron chi connectivity index (χ3n) is 4.51. The van der Waals surface area contributed by atoms with Gasteiger partial charge in [0.1, 0.15) is 5.52 Å². The Morgan fingerprint density at radius 1 is 1.40 bits per heavy atom. The van der Waals surface area contributed by atoms with Gasteiger partial charge in [-0.05, 0) is 37.9 Å². The lowest BCUT2D eigenvalue weighted by molar-refractivity contribution is -0.137. The molecule has 25 heavy (non-hydrogen) atoms. The van der Waals surface area contributed by atoms with Gasteiger partial charge in [-0.1, -0.05) is 15.9 Å². The van der Waals surface area contributed by atoms with Gasteiger partial charge in [0.25, 0.3) is 0 Å². The zero-order valence-electron chi connectivity index (χ0n) is 13.3. The van der Waals surface area contributed by atoms with Crippen molar-refractivity contribution >= 4 is 27.0 Å². The van der Waals surface area contributed by atoms with Crippen molar-refractivity contribution in [3.8, 4) is 0 Å². The minimum Gasteiger partial charge on any atom is -0.392 e. The maximum atomic E-state index is 13.2. The molecule has 1 aliphatic heterocycles. The molecule has 1 unspecified atom stereocenters. The summed E-state index contributed by atoms with van der Waals surface area (Å²) >= 11 is 2.93. The molecule has 138 valence electrons. The predicted molar refractivity (Wildman–Crippen MR) is 90.1 cm³/mol. The number of nitrogens with zero attached hydrogens (tertiary/aromatic N) is 2. The van der Waals surface area contributed by atoms with Crippen LogP contribution in [0.15, 0.2) is 22.9 Å². The molecule has 1 fully saturated rings.